The second-order valence-electron chi connectivity index (χ2n) is 7.29. The summed E-state index contributed by atoms with van der Waals surface area (Å²) in [6.07, 6.45) is -4.92. The Morgan fingerprint density at radius 3 is 2.32 bits per heavy atom. The van der Waals surface area contributed by atoms with Gasteiger partial charge in [-0.2, -0.15) is 13.2 Å². The van der Waals surface area contributed by atoms with E-state index < -0.39 is 34.4 Å². The second kappa shape index (κ2) is 8.03. The Labute approximate surface area is 166 Å². The molecule has 1 aliphatic rings. The minimum Gasteiger partial charge on any atom is -0.466 e. The normalized spacial score (nSPS) is 15.5. The fourth-order valence-corrected chi connectivity index (χ4v) is 3.10. The molecule has 2 rings (SSSR count). The van der Waals surface area contributed by atoms with Crippen LogP contribution in [0.15, 0.2) is 23.8 Å². The first kappa shape index (κ1) is 22.1. The van der Waals surface area contributed by atoms with Crippen LogP contribution in [0, 0.1) is 0 Å². The van der Waals surface area contributed by atoms with Crippen molar-refractivity contribution in [1.82, 2.24) is 4.90 Å². The first-order valence-electron chi connectivity index (χ1n) is 8.49. The van der Waals surface area contributed by atoms with Gasteiger partial charge in [-0.05, 0) is 50.5 Å². The molecule has 5 nitrogen and oxygen atoms in total. The van der Waals surface area contributed by atoms with Crippen LogP contribution in [0.1, 0.15) is 38.3 Å². The van der Waals surface area contributed by atoms with E-state index in [1.54, 1.807) is 20.8 Å². The molecule has 0 saturated carbocycles. The molecule has 0 unspecified atom stereocenters. The predicted octanol–water partition coefficient (Wildman–Crippen LogP) is 4.93. The van der Waals surface area contributed by atoms with Crippen LogP contribution in [0.3, 0.4) is 0 Å². The van der Waals surface area contributed by atoms with E-state index >= 15 is 0 Å². The molecule has 0 atom stereocenters. The quantitative estimate of drug-likeness (QED) is 0.638. The lowest BCUT2D eigenvalue weighted by Gasteiger charge is -2.32. The van der Waals surface area contributed by atoms with Crippen LogP contribution in [0.2, 0.25) is 5.02 Å². The average Bonchev–Trinajstić information content (AvgIpc) is 2.57. The van der Waals surface area contributed by atoms with Gasteiger partial charge >= 0.3 is 18.2 Å². The van der Waals surface area contributed by atoms with Crippen LogP contribution in [0.4, 0.5) is 18.0 Å². The van der Waals surface area contributed by atoms with Gasteiger partial charge < -0.3 is 14.4 Å². The number of methoxy groups -OCH3 is 1. The largest absolute Gasteiger partial charge is 0.466 e. The molecular formula is C19H21ClF3NO4. The van der Waals surface area contributed by atoms with E-state index in [0.29, 0.717) is 11.1 Å². The van der Waals surface area contributed by atoms with Crippen LogP contribution in [0.5, 0.6) is 0 Å². The highest BCUT2D eigenvalue weighted by Gasteiger charge is 2.34. The van der Waals surface area contributed by atoms with E-state index in [9.17, 15) is 22.8 Å². The Bertz CT molecular complexity index is 812. The third-order valence-electron chi connectivity index (χ3n) is 4.05. The maximum atomic E-state index is 12.9. The molecule has 0 bridgehead atoms. The van der Waals surface area contributed by atoms with Crippen molar-refractivity contribution in [2.24, 2.45) is 0 Å². The van der Waals surface area contributed by atoms with Gasteiger partial charge in [-0.3, -0.25) is 0 Å². The van der Waals surface area contributed by atoms with Crippen molar-refractivity contribution in [2.45, 2.75) is 39.0 Å². The Morgan fingerprint density at radius 2 is 1.82 bits per heavy atom. The summed E-state index contributed by atoms with van der Waals surface area (Å²) in [5, 5.41) is -0.462. The maximum absolute atomic E-state index is 12.9. The highest BCUT2D eigenvalue weighted by atomic mass is 35.5. The van der Waals surface area contributed by atoms with E-state index in [-0.39, 0.29) is 25.1 Å². The number of amides is 1. The van der Waals surface area contributed by atoms with Gasteiger partial charge in [-0.25, -0.2) is 9.59 Å². The van der Waals surface area contributed by atoms with Crippen molar-refractivity contribution in [3.05, 3.63) is 39.9 Å². The summed E-state index contributed by atoms with van der Waals surface area (Å²) in [5.74, 6) is -0.667. The Kier molecular flexibility index (Phi) is 6.33. The molecule has 1 aliphatic heterocycles. The van der Waals surface area contributed by atoms with Gasteiger partial charge in [0.25, 0.3) is 0 Å². The Morgan fingerprint density at radius 1 is 1.18 bits per heavy atom. The standard InChI is InChI=1S/C19H21ClF3NO4/c1-18(2,3)28-17(26)24-8-7-12(13(10-24)16(25)27-4)11-5-6-14(15(20)9-11)19(21,22)23/h5-6,9H,7-8,10H2,1-4H3. The zero-order valence-corrected chi connectivity index (χ0v) is 16.7. The summed E-state index contributed by atoms with van der Waals surface area (Å²) in [6, 6.07) is 3.31. The maximum Gasteiger partial charge on any atom is 0.417 e. The van der Waals surface area contributed by atoms with E-state index in [2.05, 4.69) is 0 Å². The molecule has 154 valence electrons. The minimum absolute atomic E-state index is 0.0738. The number of hydrogen-bond acceptors (Lipinski definition) is 4. The molecule has 0 aliphatic carbocycles. The lowest BCUT2D eigenvalue weighted by atomic mass is 9.92. The summed E-state index contributed by atoms with van der Waals surface area (Å²) < 4.78 is 48.9. The number of alkyl halides is 3. The summed E-state index contributed by atoms with van der Waals surface area (Å²) in [7, 11) is 1.19. The van der Waals surface area contributed by atoms with Crippen molar-refractivity contribution in [1.29, 1.82) is 0 Å². The van der Waals surface area contributed by atoms with E-state index in [1.165, 1.54) is 24.1 Å². The van der Waals surface area contributed by atoms with Gasteiger partial charge in [0, 0.05) is 6.54 Å². The highest BCUT2D eigenvalue weighted by Crippen LogP contribution is 2.37. The molecule has 0 N–H and O–H groups in total. The van der Waals surface area contributed by atoms with E-state index in [4.69, 9.17) is 21.1 Å². The molecule has 28 heavy (non-hydrogen) atoms. The number of halogens is 4. The van der Waals surface area contributed by atoms with Crippen LogP contribution < -0.4 is 0 Å². The number of hydrogen-bond donors (Lipinski definition) is 0. The molecule has 0 spiro atoms. The van der Waals surface area contributed by atoms with Gasteiger partial charge in [-0.15, -0.1) is 0 Å². The number of carbonyl (C=O) groups excluding carboxylic acids is 2. The fourth-order valence-electron chi connectivity index (χ4n) is 2.81. The number of ether oxygens (including phenoxy) is 2. The number of nitrogens with zero attached hydrogens (tertiary/aromatic N) is 1. The van der Waals surface area contributed by atoms with Gasteiger partial charge in [0.2, 0.25) is 0 Å². The molecule has 1 aromatic rings. The number of carbonyl (C=O) groups is 2. The lowest BCUT2D eigenvalue weighted by molar-refractivity contribution is -0.138. The Hall–Kier alpha value is -2.22. The number of esters is 1. The molecule has 0 saturated heterocycles. The summed E-state index contributed by atoms with van der Waals surface area (Å²) >= 11 is 5.80. The predicted molar refractivity (Wildman–Crippen MR) is 97.8 cm³/mol. The molecule has 0 aromatic heterocycles. The van der Waals surface area contributed by atoms with Crippen LogP contribution >= 0.6 is 11.6 Å². The van der Waals surface area contributed by atoms with Gasteiger partial charge in [-0.1, -0.05) is 17.7 Å². The third-order valence-corrected chi connectivity index (χ3v) is 4.36. The molecule has 1 aromatic carbocycles. The first-order chi connectivity index (χ1) is 12.8. The van der Waals surface area contributed by atoms with Crippen molar-refractivity contribution in [3.8, 4) is 0 Å². The Balaban J connectivity index is 2.40. The van der Waals surface area contributed by atoms with Crippen LogP contribution in [0.25, 0.3) is 5.57 Å². The van der Waals surface area contributed by atoms with Crippen LogP contribution in [-0.2, 0) is 20.4 Å². The lowest BCUT2D eigenvalue weighted by Crippen LogP contribution is -2.41. The third kappa shape index (κ3) is 5.19. The minimum atomic E-state index is -4.57. The average molecular weight is 420 g/mol. The molecule has 0 fully saturated rings. The van der Waals surface area contributed by atoms with Gasteiger partial charge in [0.15, 0.2) is 0 Å². The SMILES string of the molecule is COC(=O)C1=C(c2ccc(C(F)(F)F)c(Cl)c2)CCN(C(=O)OC(C)(C)C)C1. The van der Waals surface area contributed by atoms with E-state index in [1.807, 2.05) is 0 Å². The van der Waals surface area contributed by atoms with Crippen molar-refractivity contribution >= 4 is 29.2 Å². The molecular weight excluding hydrogens is 399 g/mol. The summed E-state index contributed by atoms with van der Waals surface area (Å²) in [6.45, 7) is 5.34. The van der Waals surface area contributed by atoms with Gasteiger partial charge in [0.05, 0.1) is 29.8 Å². The van der Waals surface area contributed by atoms with Crippen molar-refractivity contribution < 1.29 is 32.2 Å². The molecule has 1 amide bonds. The highest BCUT2D eigenvalue weighted by molar-refractivity contribution is 6.31. The van der Waals surface area contributed by atoms with Crippen LogP contribution in [-0.4, -0.2) is 42.8 Å². The van der Waals surface area contributed by atoms with E-state index in [0.717, 1.165) is 6.07 Å². The van der Waals surface area contributed by atoms with Crippen molar-refractivity contribution in [3.63, 3.8) is 0 Å². The fraction of sp³-hybridized carbons (Fsp3) is 0.474. The molecule has 0 radical (unpaired) electrons. The molecule has 1 heterocycles. The summed E-state index contributed by atoms with van der Waals surface area (Å²) in [5.41, 5.74) is -0.614. The topological polar surface area (TPSA) is 55.8 Å². The van der Waals surface area contributed by atoms with Gasteiger partial charge in [0.1, 0.15) is 5.60 Å². The second-order valence-corrected chi connectivity index (χ2v) is 7.70. The first-order valence-corrected chi connectivity index (χ1v) is 8.86. The number of rotatable bonds is 2. The molecule has 9 heteroatoms. The summed E-state index contributed by atoms with van der Waals surface area (Å²) in [4.78, 5) is 25.9. The van der Waals surface area contributed by atoms with Crippen molar-refractivity contribution in [2.75, 3.05) is 20.2 Å². The number of benzene rings is 1. The zero-order valence-electron chi connectivity index (χ0n) is 15.9. The zero-order chi connectivity index (χ0) is 21.3. The monoisotopic (exact) mass is 419 g/mol. The smallest absolute Gasteiger partial charge is 0.417 e.